The van der Waals surface area contributed by atoms with Gasteiger partial charge in [0.1, 0.15) is 16.9 Å². The minimum atomic E-state index is -3.80. The van der Waals surface area contributed by atoms with Gasteiger partial charge in [-0.25, -0.2) is 17.2 Å². The third kappa shape index (κ3) is 5.19. The highest BCUT2D eigenvalue weighted by atomic mass is 32.2. The number of benzene rings is 2. The summed E-state index contributed by atoms with van der Waals surface area (Å²) in [5.74, 6) is -1.36. The molecule has 2 unspecified atom stereocenters. The number of aliphatic hydroxyl groups excluding tert-OH is 1. The predicted molar refractivity (Wildman–Crippen MR) is 139 cm³/mol. The van der Waals surface area contributed by atoms with E-state index in [0.29, 0.717) is 44.1 Å². The van der Waals surface area contributed by atoms with Gasteiger partial charge >= 0.3 is 0 Å². The molecule has 37 heavy (non-hydrogen) atoms. The van der Waals surface area contributed by atoms with E-state index in [1.165, 1.54) is 9.21 Å². The first-order valence-electron chi connectivity index (χ1n) is 12.6. The van der Waals surface area contributed by atoms with Gasteiger partial charge in [0.25, 0.3) is 0 Å². The van der Waals surface area contributed by atoms with Crippen molar-refractivity contribution in [3.63, 3.8) is 0 Å². The maximum Gasteiger partial charge on any atom is 0.221 e. The molecule has 2 atom stereocenters. The summed E-state index contributed by atoms with van der Waals surface area (Å²) in [5.41, 5.74) is -0.237. The topological polar surface area (TPSA) is 109 Å². The summed E-state index contributed by atoms with van der Waals surface area (Å²) < 4.78 is 59.2. The summed E-state index contributed by atoms with van der Waals surface area (Å²) in [7, 11) is -3.80. The predicted octanol–water partition coefficient (Wildman–Crippen LogP) is 4.71. The smallest absolute Gasteiger partial charge is 0.221 e. The first-order chi connectivity index (χ1) is 17.7. The molecule has 2 aromatic rings. The fraction of sp³-hybridized carbons (Fsp3) is 0.481. The van der Waals surface area contributed by atoms with Gasteiger partial charge in [0.2, 0.25) is 10.0 Å². The van der Waals surface area contributed by atoms with Crippen molar-refractivity contribution in [2.75, 3.05) is 6.61 Å². The lowest BCUT2D eigenvalue weighted by molar-refractivity contribution is 0.127. The van der Waals surface area contributed by atoms with Crippen molar-refractivity contribution >= 4 is 22.7 Å². The van der Waals surface area contributed by atoms with E-state index in [0.717, 1.165) is 24.8 Å². The maximum atomic E-state index is 15.5. The Kier molecular flexibility index (Phi) is 8.11. The lowest BCUT2D eigenvalue weighted by Crippen LogP contribution is -2.45. The molecule has 0 radical (unpaired) electrons. The van der Waals surface area contributed by atoms with Gasteiger partial charge in [0, 0.05) is 29.6 Å². The van der Waals surface area contributed by atoms with Crippen LogP contribution in [0.15, 0.2) is 42.5 Å². The number of sulfonamides is 1. The van der Waals surface area contributed by atoms with E-state index >= 15 is 8.78 Å². The standard InChI is InChI=1S/C27H34F2N4O3S/c1-19-7-8-26(20-5-3-2-4-6-20)37(35,36)33(19)15-21-13-25(29)23(14-24(21)28)27(16-34)11-9-22(10-12-27)32(17-30)18-31/h2-6,13-14,17-19,22,26,30-31,34H,7-12,15-16H2,1H3. The minimum Gasteiger partial charge on any atom is -0.395 e. The normalized spacial score (nSPS) is 27.9. The number of nitrogens with one attached hydrogen (secondary N) is 2. The molecule has 0 amide bonds. The number of rotatable bonds is 8. The molecule has 3 N–H and O–H groups in total. The summed E-state index contributed by atoms with van der Waals surface area (Å²) in [6.45, 7) is 1.16. The monoisotopic (exact) mass is 532 g/mol. The van der Waals surface area contributed by atoms with E-state index < -0.39 is 32.3 Å². The molecule has 10 heteroatoms. The molecule has 2 aromatic carbocycles. The summed E-state index contributed by atoms with van der Waals surface area (Å²) >= 11 is 0. The Morgan fingerprint density at radius 3 is 2.30 bits per heavy atom. The van der Waals surface area contributed by atoms with Gasteiger partial charge in [-0.2, -0.15) is 4.31 Å². The van der Waals surface area contributed by atoms with Crippen molar-refractivity contribution < 1.29 is 22.3 Å². The molecule has 1 aliphatic heterocycles. The average molecular weight is 533 g/mol. The molecule has 1 saturated heterocycles. The molecule has 2 aliphatic rings. The van der Waals surface area contributed by atoms with Gasteiger partial charge < -0.3 is 10.0 Å². The van der Waals surface area contributed by atoms with Crippen LogP contribution in [0.1, 0.15) is 67.4 Å². The van der Waals surface area contributed by atoms with Crippen molar-refractivity contribution in [1.82, 2.24) is 9.21 Å². The zero-order valence-corrected chi connectivity index (χ0v) is 21.7. The van der Waals surface area contributed by atoms with Gasteiger partial charge in [-0.3, -0.25) is 10.8 Å². The van der Waals surface area contributed by atoms with Crippen molar-refractivity contribution in [2.45, 2.75) is 74.7 Å². The molecule has 7 nitrogen and oxygen atoms in total. The van der Waals surface area contributed by atoms with Crippen LogP contribution in [0.3, 0.4) is 0 Å². The number of hydrogen-bond donors (Lipinski definition) is 3. The zero-order chi connectivity index (χ0) is 26.8. The van der Waals surface area contributed by atoms with Crippen molar-refractivity contribution in [2.24, 2.45) is 0 Å². The highest BCUT2D eigenvalue weighted by molar-refractivity contribution is 7.89. The van der Waals surface area contributed by atoms with E-state index in [9.17, 15) is 13.5 Å². The summed E-state index contributed by atoms with van der Waals surface area (Å²) in [6, 6.07) is 10.7. The Morgan fingerprint density at radius 1 is 1.05 bits per heavy atom. The quantitative estimate of drug-likeness (QED) is 0.338. The zero-order valence-electron chi connectivity index (χ0n) is 20.9. The second-order valence-corrected chi connectivity index (χ2v) is 12.3. The largest absolute Gasteiger partial charge is 0.395 e. The summed E-state index contributed by atoms with van der Waals surface area (Å²) in [5, 5.41) is 24.4. The Bertz CT molecular complexity index is 1230. The Hall–Kier alpha value is -2.69. The van der Waals surface area contributed by atoms with Crippen LogP contribution in [-0.2, 0) is 22.0 Å². The SMILES string of the molecule is CC1CCC(c2ccccc2)S(=O)(=O)N1Cc1cc(F)c(C2(CO)CCC(N(C=N)C=N)CC2)cc1F. The molecule has 0 bridgehead atoms. The van der Waals surface area contributed by atoms with Crippen LogP contribution in [0.5, 0.6) is 0 Å². The molecule has 200 valence electrons. The van der Waals surface area contributed by atoms with E-state index in [4.69, 9.17) is 10.8 Å². The van der Waals surface area contributed by atoms with Crippen LogP contribution in [0.4, 0.5) is 8.78 Å². The van der Waals surface area contributed by atoms with Crippen LogP contribution in [0.2, 0.25) is 0 Å². The Balaban J connectivity index is 1.59. The van der Waals surface area contributed by atoms with Crippen molar-refractivity contribution in [3.05, 3.63) is 70.8 Å². The third-order valence-corrected chi connectivity index (χ3v) is 10.5. The summed E-state index contributed by atoms with van der Waals surface area (Å²) in [6.07, 6.45) is 4.98. The second kappa shape index (κ2) is 11.0. The fourth-order valence-corrected chi connectivity index (χ4v) is 8.04. The van der Waals surface area contributed by atoms with E-state index in [-0.39, 0.29) is 36.4 Å². The lowest BCUT2D eigenvalue weighted by atomic mass is 9.68. The molecular weight excluding hydrogens is 498 g/mol. The molecule has 2 fully saturated rings. The molecule has 1 heterocycles. The second-order valence-electron chi connectivity index (χ2n) is 10.2. The molecular formula is C27H34F2N4O3S. The van der Waals surface area contributed by atoms with Crippen LogP contribution < -0.4 is 0 Å². The van der Waals surface area contributed by atoms with Crippen molar-refractivity contribution in [1.29, 1.82) is 10.8 Å². The minimum absolute atomic E-state index is 0.0362. The van der Waals surface area contributed by atoms with Crippen LogP contribution >= 0.6 is 0 Å². The molecule has 1 saturated carbocycles. The number of hydrogen-bond acceptors (Lipinski definition) is 5. The maximum absolute atomic E-state index is 15.5. The first-order valence-corrected chi connectivity index (χ1v) is 14.1. The van der Waals surface area contributed by atoms with E-state index in [1.54, 1.807) is 31.2 Å². The number of halogens is 2. The van der Waals surface area contributed by atoms with Gasteiger partial charge in [0.15, 0.2) is 0 Å². The van der Waals surface area contributed by atoms with Crippen molar-refractivity contribution in [3.8, 4) is 0 Å². The Labute approximate surface area is 217 Å². The van der Waals surface area contributed by atoms with Gasteiger partial charge in [0.05, 0.1) is 19.3 Å². The fourth-order valence-electron chi connectivity index (χ4n) is 5.85. The van der Waals surface area contributed by atoms with E-state index in [1.807, 2.05) is 6.07 Å². The van der Waals surface area contributed by atoms with Crippen LogP contribution in [-0.4, -0.2) is 54.1 Å². The van der Waals surface area contributed by atoms with Crippen LogP contribution in [0, 0.1) is 22.5 Å². The highest BCUT2D eigenvalue weighted by Gasteiger charge is 2.42. The van der Waals surface area contributed by atoms with E-state index in [2.05, 4.69) is 0 Å². The van der Waals surface area contributed by atoms with Gasteiger partial charge in [-0.1, -0.05) is 30.3 Å². The first kappa shape index (κ1) is 27.3. The average Bonchev–Trinajstić information content (AvgIpc) is 2.90. The highest BCUT2D eigenvalue weighted by Crippen LogP contribution is 2.43. The molecule has 4 rings (SSSR count). The molecule has 0 spiro atoms. The lowest BCUT2D eigenvalue weighted by Gasteiger charge is -2.41. The molecule has 0 aromatic heterocycles. The number of aliphatic hydroxyl groups is 1. The molecule has 1 aliphatic carbocycles. The number of nitrogens with zero attached hydrogens (tertiary/aromatic N) is 2. The Morgan fingerprint density at radius 2 is 1.70 bits per heavy atom. The van der Waals surface area contributed by atoms with Gasteiger partial charge in [-0.05, 0) is 68.7 Å². The third-order valence-electron chi connectivity index (χ3n) is 8.16. The van der Waals surface area contributed by atoms with Gasteiger partial charge in [-0.15, -0.1) is 0 Å². The summed E-state index contributed by atoms with van der Waals surface area (Å²) in [4.78, 5) is 1.46. The van der Waals surface area contributed by atoms with Crippen LogP contribution in [0.25, 0.3) is 0 Å².